The fourth-order valence-corrected chi connectivity index (χ4v) is 4.11. The van der Waals surface area contributed by atoms with E-state index in [0.29, 0.717) is 0 Å². The fourth-order valence-electron chi connectivity index (χ4n) is 4.11. The van der Waals surface area contributed by atoms with Crippen molar-refractivity contribution in [2.24, 2.45) is 4.99 Å². The van der Waals surface area contributed by atoms with Gasteiger partial charge in [-0.3, -0.25) is 4.99 Å². The number of benzene rings is 2. The van der Waals surface area contributed by atoms with Crippen molar-refractivity contribution in [3.63, 3.8) is 0 Å². The van der Waals surface area contributed by atoms with Crippen LogP contribution in [0.2, 0.25) is 0 Å². The Hall–Kier alpha value is -2.80. The van der Waals surface area contributed by atoms with E-state index < -0.39 is 0 Å². The molecule has 0 saturated carbocycles. The Morgan fingerprint density at radius 1 is 0.933 bits per heavy atom. The standard InChI is InChI=1S/C23H30FN5O/c1-25-23(29-12-10-27(11-13-29)21-8-6-20(24)7-9-21)26-18-19-4-2-3-5-22(19)28-14-16-30-17-15-28/h2-9H,10-18H2,1H3,(H,25,26). The third kappa shape index (κ3) is 4.84. The molecule has 7 heteroatoms. The Morgan fingerprint density at radius 2 is 1.63 bits per heavy atom. The Balaban J connectivity index is 1.34. The maximum Gasteiger partial charge on any atom is 0.194 e. The van der Waals surface area contributed by atoms with Crippen molar-refractivity contribution in [3.8, 4) is 0 Å². The number of nitrogens with zero attached hydrogens (tertiary/aromatic N) is 4. The molecule has 1 N–H and O–H groups in total. The predicted molar refractivity (Wildman–Crippen MR) is 120 cm³/mol. The highest BCUT2D eigenvalue weighted by atomic mass is 19.1. The highest BCUT2D eigenvalue weighted by molar-refractivity contribution is 5.80. The van der Waals surface area contributed by atoms with Gasteiger partial charge in [0.2, 0.25) is 0 Å². The van der Waals surface area contributed by atoms with Crippen LogP contribution in [0.25, 0.3) is 0 Å². The number of rotatable bonds is 4. The van der Waals surface area contributed by atoms with Gasteiger partial charge in [0.1, 0.15) is 5.82 Å². The molecule has 2 fully saturated rings. The largest absolute Gasteiger partial charge is 0.378 e. The molecule has 0 aromatic heterocycles. The van der Waals surface area contributed by atoms with Crippen LogP contribution >= 0.6 is 0 Å². The second-order valence-corrected chi connectivity index (χ2v) is 7.58. The minimum absolute atomic E-state index is 0.195. The number of ether oxygens (including phenoxy) is 1. The summed E-state index contributed by atoms with van der Waals surface area (Å²) < 4.78 is 18.7. The molecule has 160 valence electrons. The Kier molecular flexibility index (Phi) is 6.69. The van der Waals surface area contributed by atoms with Crippen LogP contribution in [0.5, 0.6) is 0 Å². The Bertz CT molecular complexity index is 843. The van der Waals surface area contributed by atoms with Crippen LogP contribution in [0.15, 0.2) is 53.5 Å². The van der Waals surface area contributed by atoms with E-state index in [1.54, 1.807) is 0 Å². The van der Waals surface area contributed by atoms with E-state index >= 15 is 0 Å². The second kappa shape index (κ2) is 9.80. The number of hydrogen-bond donors (Lipinski definition) is 1. The zero-order valence-electron chi connectivity index (χ0n) is 17.6. The lowest BCUT2D eigenvalue weighted by Crippen LogP contribution is -2.52. The van der Waals surface area contributed by atoms with Gasteiger partial charge in [0.05, 0.1) is 13.2 Å². The van der Waals surface area contributed by atoms with Gasteiger partial charge in [-0.1, -0.05) is 18.2 Å². The zero-order valence-corrected chi connectivity index (χ0v) is 17.6. The van der Waals surface area contributed by atoms with Crippen LogP contribution < -0.4 is 15.1 Å². The van der Waals surface area contributed by atoms with Crippen molar-refractivity contribution in [1.29, 1.82) is 0 Å². The number of anilines is 2. The molecule has 2 aromatic carbocycles. The molecule has 2 aliphatic heterocycles. The number of halogens is 1. The molecule has 0 bridgehead atoms. The van der Waals surface area contributed by atoms with Crippen molar-refractivity contribution in [1.82, 2.24) is 10.2 Å². The van der Waals surface area contributed by atoms with E-state index in [2.05, 4.69) is 49.3 Å². The maximum atomic E-state index is 13.2. The van der Waals surface area contributed by atoms with Crippen LogP contribution in [0, 0.1) is 5.82 Å². The molecule has 0 spiro atoms. The summed E-state index contributed by atoms with van der Waals surface area (Å²) >= 11 is 0. The van der Waals surface area contributed by atoms with E-state index in [0.717, 1.165) is 70.7 Å². The van der Waals surface area contributed by atoms with Crippen molar-refractivity contribution < 1.29 is 9.13 Å². The van der Waals surface area contributed by atoms with Gasteiger partial charge in [0.25, 0.3) is 0 Å². The molecular weight excluding hydrogens is 381 g/mol. The van der Waals surface area contributed by atoms with Crippen molar-refractivity contribution in [2.45, 2.75) is 6.54 Å². The molecule has 0 atom stereocenters. The van der Waals surface area contributed by atoms with E-state index in [4.69, 9.17) is 4.74 Å². The third-order valence-corrected chi connectivity index (χ3v) is 5.76. The molecule has 2 aromatic rings. The first-order valence-electron chi connectivity index (χ1n) is 10.6. The lowest BCUT2D eigenvalue weighted by Gasteiger charge is -2.38. The topological polar surface area (TPSA) is 43.3 Å². The van der Waals surface area contributed by atoms with Crippen LogP contribution in [0.3, 0.4) is 0 Å². The molecule has 2 aliphatic rings. The lowest BCUT2D eigenvalue weighted by molar-refractivity contribution is 0.122. The summed E-state index contributed by atoms with van der Waals surface area (Å²) in [7, 11) is 1.84. The molecule has 2 heterocycles. The zero-order chi connectivity index (χ0) is 20.8. The molecule has 2 saturated heterocycles. The summed E-state index contributed by atoms with van der Waals surface area (Å²) in [5.74, 6) is 0.727. The number of para-hydroxylation sites is 1. The van der Waals surface area contributed by atoms with Crippen LogP contribution in [-0.4, -0.2) is 70.4 Å². The molecule has 30 heavy (non-hydrogen) atoms. The highest BCUT2D eigenvalue weighted by Gasteiger charge is 2.20. The van der Waals surface area contributed by atoms with Gasteiger partial charge in [-0.25, -0.2) is 4.39 Å². The maximum absolute atomic E-state index is 13.2. The normalized spacial score (nSPS) is 17.9. The quantitative estimate of drug-likeness (QED) is 0.619. The summed E-state index contributed by atoms with van der Waals surface area (Å²) in [6.07, 6.45) is 0. The monoisotopic (exact) mass is 411 g/mol. The minimum Gasteiger partial charge on any atom is -0.378 e. The van der Waals surface area contributed by atoms with Gasteiger partial charge in [-0.05, 0) is 35.9 Å². The van der Waals surface area contributed by atoms with E-state index in [9.17, 15) is 4.39 Å². The summed E-state index contributed by atoms with van der Waals surface area (Å²) in [6, 6.07) is 15.3. The van der Waals surface area contributed by atoms with E-state index in [1.165, 1.54) is 23.4 Å². The van der Waals surface area contributed by atoms with Crippen molar-refractivity contribution in [3.05, 3.63) is 59.9 Å². The molecule has 0 amide bonds. The van der Waals surface area contributed by atoms with Gasteiger partial charge in [-0.15, -0.1) is 0 Å². The SMILES string of the molecule is CN=C(NCc1ccccc1N1CCOCC1)N1CCN(c2ccc(F)cc2)CC1. The minimum atomic E-state index is -0.195. The number of guanidine groups is 1. The van der Waals surface area contributed by atoms with Gasteiger partial charge < -0.3 is 24.8 Å². The number of piperazine rings is 1. The summed E-state index contributed by atoms with van der Waals surface area (Å²) in [6.45, 7) is 7.67. The van der Waals surface area contributed by atoms with Crippen molar-refractivity contribution >= 4 is 17.3 Å². The van der Waals surface area contributed by atoms with Gasteiger partial charge in [0, 0.05) is 64.2 Å². The summed E-state index contributed by atoms with van der Waals surface area (Å²) in [5, 5.41) is 3.55. The van der Waals surface area contributed by atoms with Gasteiger partial charge in [-0.2, -0.15) is 0 Å². The third-order valence-electron chi connectivity index (χ3n) is 5.76. The van der Waals surface area contributed by atoms with E-state index in [-0.39, 0.29) is 5.82 Å². The average Bonchev–Trinajstić information content (AvgIpc) is 2.81. The second-order valence-electron chi connectivity index (χ2n) is 7.58. The molecular formula is C23H30FN5O. The van der Waals surface area contributed by atoms with Crippen LogP contribution in [0.1, 0.15) is 5.56 Å². The fraction of sp³-hybridized carbons (Fsp3) is 0.435. The molecule has 0 aliphatic carbocycles. The predicted octanol–water partition coefficient (Wildman–Crippen LogP) is 2.56. The van der Waals surface area contributed by atoms with Gasteiger partial charge >= 0.3 is 0 Å². The number of hydrogen-bond acceptors (Lipinski definition) is 4. The van der Waals surface area contributed by atoms with Crippen LogP contribution in [0.4, 0.5) is 15.8 Å². The molecule has 6 nitrogen and oxygen atoms in total. The molecule has 0 radical (unpaired) electrons. The first-order valence-corrected chi connectivity index (χ1v) is 10.6. The average molecular weight is 412 g/mol. The van der Waals surface area contributed by atoms with Crippen molar-refractivity contribution in [2.75, 3.05) is 69.3 Å². The number of nitrogens with one attached hydrogen (secondary N) is 1. The summed E-state index contributed by atoms with van der Waals surface area (Å²) in [4.78, 5) is 11.5. The molecule has 0 unspecified atom stereocenters. The van der Waals surface area contributed by atoms with E-state index in [1.807, 2.05) is 19.2 Å². The number of morpholine rings is 1. The Labute approximate surface area is 177 Å². The highest BCUT2D eigenvalue weighted by Crippen LogP contribution is 2.22. The summed E-state index contributed by atoms with van der Waals surface area (Å²) in [5.41, 5.74) is 3.61. The number of aliphatic imine (C=N–C) groups is 1. The first kappa shape index (κ1) is 20.5. The first-order chi connectivity index (χ1) is 14.7. The lowest BCUT2D eigenvalue weighted by atomic mass is 10.1. The molecule has 4 rings (SSSR count). The van der Waals surface area contributed by atoms with Crippen LogP contribution in [-0.2, 0) is 11.3 Å². The Morgan fingerprint density at radius 3 is 2.33 bits per heavy atom. The smallest absolute Gasteiger partial charge is 0.194 e. The van der Waals surface area contributed by atoms with Gasteiger partial charge in [0.15, 0.2) is 5.96 Å².